The third-order valence-electron chi connectivity index (χ3n) is 2.90. The number of carbonyl (C=O) groups excluding carboxylic acids is 1. The Kier molecular flexibility index (Phi) is 5.19. The number of nitrogens with two attached hydrogens (primary N) is 1. The molecule has 2 N–H and O–H groups in total. The van der Waals surface area contributed by atoms with E-state index in [2.05, 4.69) is 6.07 Å². The van der Waals surface area contributed by atoms with E-state index in [-0.39, 0.29) is 5.91 Å². The van der Waals surface area contributed by atoms with Gasteiger partial charge in [-0.3, -0.25) is 4.79 Å². The van der Waals surface area contributed by atoms with Crippen LogP contribution in [0.2, 0.25) is 0 Å². The summed E-state index contributed by atoms with van der Waals surface area (Å²) >= 11 is 0. The van der Waals surface area contributed by atoms with Crippen LogP contribution < -0.4 is 10.6 Å². The second kappa shape index (κ2) is 6.64. The van der Waals surface area contributed by atoms with Crippen LogP contribution in [0, 0.1) is 11.3 Å². The lowest BCUT2D eigenvalue weighted by Crippen LogP contribution is -2.32. The molecule has 0 heterocycles. The van der Waals surface area contributed by atoms with Crippen molar-refractivity contribution in [3.05, 3.63) is 23.8 Å². The van der Waals surface area contributed by atoms with Gasteiger partial charge in [0.25, 0.3) is 5.91 Å². The Balaban J connectivity index is 3.09. The maximum atomic E-state index is 12.5. The minimum atomic E-state index is -0.0891. The molecule has 0 aliphatic rings. The van der Waals surface area contributed by atoms with E-state index in [0.717, 1.165) is 5.69 Å². The highest BCUT2D eigenvalue weighted by Gasteiger charge is 2.18. The number of nitrogens with zero attached hydrogens (tertiary/aromatic N) is 3. The van der Waals surface area contributed by atoms with Gasteiger partial charge in [-0.25, -0.2) is 0 Å². The molecule has 102 valence electrons. The monoisotopic (exact) mass is 260 g/mol. The van der Waals surface area contributed by atoms with Crippen LogP contribution in [-0.2, 0) is 0 Å². The molecule has 0 atom stereocenters. The smallest absolute Gasteiger partial charge is 0.256 e. The van der Waals surface area contributed by atoms with Gasteiger partial charge < -0.3 is 15.5 Å². The first-order chi connectivity index (χ1) is 9.01. The van der Waals surface area contributed by atoms with Crippen LogP contribution in [0.5, 0.6) is 0 Å². The lowest BCUT2D eigenvalue weighted by molar-refractivity contribution is 0.0768. The van der Waals surface area contributed by atoms with Crippen molar-refractivity contribution in [3.63, 3.8) is 0 Å². The highest BCUT2D eigenvalue weighted by atomic mass is 16.2. The second-order valence-electron chi connectivity index (χ2n) is 4.46. The summed E-state index contributed by atoms with van der Waals surface area (Å²) in [6.45, 7) is 2.91. The number of carbonyl (C=O) groups is 1. The number of nitriles is 1. The Morgan fingerprint density at radius 1 is 1.42 bits per heavy atom. The Labute approximate surface area is 114 Å². The number of nitrogen functional groups attached to an aromatic ring is 1. The molecule has 1 rings (SSSR count). The first-order valence-electron chi connectivity index (χ1n) is 6.24. The molecule has 0 saturated carbocycles. The van der Waals surface area contributed by atoms with Crippen LogP contribution in [0.3, 0.4) is 0 Å². The molecular formula is C14H20N4O. The zero-order valence-electron chi connectivity index (χ0n) is 11.7. The minimum Gasteiger partial charge on any atom is -0.399 e. The normalized spacial score (nSPS) is 9.79. The molecule has 0 radical (unpaired) electrons. The van der Waals surface area contributed by atoms with Crippen LogP contribution >= 0.6 is 0 Å². The van der Waals surface area contributed by atoms with Gasteiger partial charge in [0.1, 0.15) is 0 Å². The summed E-state index contributed by atoms with van der Waals surface area (Å²) in [7, 11) is 3.77. The summed E-state index contributed by atoms with van der Waals surface area (Å²) in [5.41, 5.74) is 7.73. The fourth-order valence-corrected chi connectivity index (χ4v) is 1.87. The number of amides is 1. The zero-order valence-corrected chi connectivity index (χ0v) is 11.7. The van der Waals surface area contributed by atoms with Gasteiger partial charge >= 0.3 is 0 Å². The molecule has 0 saturated heterocycles. The first kappa shape index (κ1) is 14.8. The van der Waals surface area contributed by atoms with E-state index in [1.54, 1.807) is 17.0 Å². The van der Waals surface area contributed by atoms with Crippen LogP contribution in [0.4, 0.5) is 11.4 Å². The fraction of sp³-hybridized carbons (Fsp3) is 0.429. The molecule has 0 unspecified atom stereocenters. The van der Waals surface area contributed by atoms with E-state index in [1.165, 1.54) is 0 Å². The summed E-state index contributed by atoms with van der Waals surface area (Å²) in [6.07, 6.45) is 0.333. The number of rotatable bonds is 5. The third-order valence-corrected chi connectivity index (χ3v) is 2.90. The number of hydrogen-bond donors (Lipinski definition) is 1. The summed E-state index contributed by atoms with van der Waals surface area (Å²) in [6, 6.07) is 7.36. The molecule has 1 amide bonds. The maximum Gasteiger partial charge on any atom is 0.256 e. The predicted molar refractivity (Wildman–Crippen MR) is 77.0 cm³/mol. The highest BCUT2D eigenvalue weighted by molar-refractivity contribution is 6.00. The Morgan fingerprint density at radius 3 is 2.63 bits per heavy atom. The first-order valence-corrected chi connectivity index (χ1v) is 6.24. The lowest BCUT2D eigenvalue weighted by atomic mass is 10.1. The topological polar surface area (TPSA) is 73.4 Å². The lowest BCUT2D eigenvalue weighted by Gasteiger charge is -2.23. The van der Waals surface area contributed by atoms with E-state index < -0.39 is 0 Å². The Morgan fingerprint density at radius 2 is 2.11 bits per heavy atom. The Bertz CT molecular complexity index is 491. The van der Waals surface area contributed by atoms with Crippen LogP contribution in [0.1, 0.15) is 23.7 Å². The van der Waals surface area contributed by atoms with Crippen molar-refractivity contribution in [1.82, 2.24) is 4.90 Å². The van der Waals surface area contributed by atoms with Crippen molar-refractivity contribution >= 4 is 17.3 Å². The van der Waals surface area contributed by atoms with Gasteiger partial charge in [-0.2, -0.15) is 5.26 Å². The molecule has 0 spiro atoms. The summed E-state index contributed by atoms with van der Waals surface area (Å²) in [5.74, 6) is -0.0891. The van der Waals surface area contributed by atoms with Gasteiger partial charge in [-0.1, -0.05) is 0 Å². The molecule has 5 nitrogen and oxygen atoms in total. The molecule has 5 heteroatoms. The summed E-state index contributed by atoms with van der Waals surface area (Å²) in [5, 5.41) is 8.63. The highest BCUT2D eigenvalue weighted by Crippen LogP contribution is 2.23. The molecule has 0 bridgehead atoms. The van der Waals surface area contributed by atoms with Crippen LogP contribution in [-0.4, -0.2) is 38.0 Å². The second-order valence-corrected chi connectivity index (χ2v) is 4.46. The van der Waals surface area contributed by atoms with Gasteiger partial charge in [0.15, 0.2) is 0 Å². The quantitative estimate of drug-likeness (QED) is 0.818. The average Bonchev–Trinajstić information content (AvgIpc) is 2.38. The molecule has 1 aromatic carbocycles. The van der Waals surface area contributed by atoms with Crippen LogP contribution in [0.15, 0.2) is 18.2 Å². The average molecular weight is 260 g/mol. The summed E-state index contributed by atoms with van der Waals surface area (Å²) in [4.78, 5) is 16.0. The predicted octanol–water partition coefficient (Wildman–Crippen LogP) is 1.71. The molecular weight excluding hydrogens is 240 g/mol. The number of anilines is 2. The molecule has 0 fully saturated rings. The molecule has 19 heavy (non-hydrogen) atoms. The zero-order chi connectivity index (χ0) is 14.4. The number of benzene rings is 1. The van der Waals surface area contributed by atoms with Crippen molar-refractivity contribution in [2.75, 3.05) is 37.8 Å². The third kappa shape index (κ3) is 3.62. The molecule has 0 aliphatic carbocycles. The van der Waals surface area contributed by atoms with Gasteiger partial charge in [0, 0.05) is 38.6 Å². The van der Waals surface area contributed by atoms with Crippen molar-refractivity contribution in [2.45, 2.75) is 13.3 Å². The fourth-order valence-electron chi connectivity index (χ4n) is 1.87. The van der Waals surface area contributed by atoms with Gasteiger partial charge in [0.05, 0.1) is 18.1 Å². The van der Waals surface area contributed by atoms with Gasteiger partial charge in [-0.15, -0.1) is 0 Å². The SMILES string of the molecule is CCN(CCC#N)C(=O)c1cc(N)ccc1N(C)C. The molecule has 0 aliphatic heterocycles. The van der Waals surface area contributed by atoms with Crippen LogP contribution in [0.25, 0.3) is 0 Å². The number of hydrogen-bond acceptors (Lipinski definition) is 4. The Hall–Kier alpha value is -2.22. The maximum absolute atomic E-state index is 12.5. The molecule has 1 aromatic rings. The largest absolute Gasteiger partial charge is 0.399 e. The van der Waals surface area contributed by atoms with E-state index in [0.29, 0.717) is 30.8 Å². The summed E-state index contributed by atoms with van der Waals surface area (Å²) < 4.78 is 0. The van der Waals surface area contributed by atoms with Crippen molar-refractivity contribution in [2.24, 2.45) is 0 Å². The van der Waals surface area contributed by atoms with E-state index in [4.69, 9.17) is 11.0 Å². The van der Waals surface area contributed by atoms with E-state index in [9.17, 15) is 4.79 Å². The van der Waals surface area contributed by atoms with Crippen molar-refractivity contribution in [3.8, 4) is 6.07 Å². The van der Waals surface area contributed by atoms with E-state index in [1.807, 2.05) is 32.0 Å². The van der Waals surface area contributed by atoms with Gasteiger partial charge in [-0.05, 0) is 25.1 Å². The van der Waals surface area contributed by atoms with Crippen molar-refractivity contribution in [1.29, 1.82) is 5.26 Å². The van der Waals surface area contributed by atoms with E-state index >= 15 is 0 Å². The standard InChI is InChI=1S/C14H20N4O/c1-4-18(9-5-8-15)14(19)12-10-11(16)6-7-13(12)17(2)3/h6-7,10H,4-5,9,16H2,1-3H3. The minimum absolute atomic E-state index is 0.0891. The van der Waals surface area contributed by atoms with Gasteiger partial charge in [0.2, 0.25) is 0 Å². The van der Waals surface area contributed by atoms with Crippen molar-refractivity contribution < 1.29 is 4.79 Å². The molecule has 0 aromatic heterocycles.